The maximum atomic E-state index is 13.7. The van der Waals surface area contributed by atoms with Crippen LogP contribution in [0, 0.1) is 11.7 Å². The molecule has 2 aliphatic rings. The second-order valence-corrected chi connectivity index (χ2v) is 10.6. The summed E-state index contributed by atoms with van der Waals surface area (Å²) in [5, 5.41) is 12.1. The zero-order valence-electron chi connectivity index (χ0n) is 21.7. The van der Waals surface area contributed by atoms with E-state index in [4.69, 9.17) is 30.3 Å². The number of benzene rings is 2. The van der Waals surface area contributed by atoms with E-state index in [1.807, 2.05) is 6.92 Å². The molecule has 0 radical (unpaired) electrons. The molecule has 0 spiro atoms. The average Bonchev–Trinajstić information content (AvgIpc) is 3.64. The van der Waals surface area contributed by atoms with Gasteiger partial charge in [0.15, 0.2) is 22.6 Å². The molecule has 1 saturated carbocycles. The SMILES string of the molecule is COc1cc(C(=O)CC[C@](O)(c2cc3c(c(-c4ccc(F)cc4)n2)OC[C@]3(C)N)C2CC2)cc2oc(N)nc12. The standard InChI is InChI=1S/C29H29FN4O5/c1-28(32)14-38-26-19(28)13-23(33-24(26)15-3-7-18(30)8-4-15)29(36,17-5-6-17)10-9-20(35)16-11-21(37-2)25-22(12-16)39-27(31)34-25/h3-4,7-8,11-13,17,36H,5-6,9-10,14,32H2,1-2H3,(H2,31,34)/t28-,29+/m0/s1. The summed E-state index contributed by atoms with van der Waals surface area (Å²) in [5.74, 6) is 0.272. The molecule has 5 N–H and O–H groups in total. The second-order valence-electron chi connectivity index (χ2n) is 10.6. The van der Waals surface area contributed by atoms with Crippen molar-refractivity contribution in [2.24, 2.45) is 11.7 Å². The van der Waals surface area contributed by atoms with E-state index in [0.29, 0.717) is 45.1 Å². The minimum Gasteiger partial charge on any atom is -0.494 e. The molecular formula is C29H29FN4O5. The Morgan fingerprint density at radius 2 is 1.97 bits per heavy atom. The van der Waals surface area contributed by atoms with E-state index in [2.05, 4.69) is 4.98 Å². The van der Waals surface area contributed by atoms with Crippen LogP contribution in [-0.2, 0) is 11.1 Å². The lowest BCUT2D eigenvalue weighted by atomic mass is 9.83. The molecule has 0 bridgehead atoms. The molecule has 2 atom stereocenters. The minimum absolute atomic E-state index is 0.0217. The fourth-order valence-electron chi connectivity index (χ4n) is 5.31. The number of halogens is 1. The van der Waals surface area contributed by atoms with Crippen molar-refractivity contribution >= 4 is 22.9 Å². The summed E-state index contributed by atoms with van der Waals surface area (Å²) < 4.78 is 30.4. The molecule has 10 heteroatoms. The lowest BCUT2D eigenvalue weighted by molar-refractivity contribution is -0.00116. The number of pyridine rings is 1. The van der Waals surface area contributed by atoms with Crippen LogP contribution in [0.5, 0.6) is 11.5 Å². The number of methoxy groups -OCH3 is 1. The van der Waals surface area contributed by atoms with E-state index in [0.717, 1.165) is 18.4 Å². The van der Waals surface area contributed by atoms with E-state index in [-0.39, 0.29) is 43.0 Å². The predicted molar refractivity (Wildman–Crippen MR) is 142 cm³/mol. The Balaban J connectivity index is 1.36. The molecule has 39 heavy (non-hydrogen) atoms. The Kier molecular flexibility index (Phi) is 5.85. The van der Waals surface area contributed by atoms with Crippen LogP contribution in [0.2, 0.25) is 0 Å². The lowest BCUT2D eigenvalue weighted by Gasteiger charge is -2.29. The molecule has 3 heterocycles. The first kappa shape index (κ1) is 25.3. The number of rotatable bonds is 8. The highest BCUT2D eigenvalue weighted by Crippen LogP contribution is 2.51. The third-order valence-electron chi connectivity index (χ3n) is 7.67. The molecule has 1 aliphatic heterocycles. The number of anilines is 1. The molecule has 0 unspecified atom stereocenters. The van der Waals surface area contributed by atoms with Gasteiger partial charge in [-0.15, -0.1) is 0 Å². The Labute approximate surface area is 223 Å². The highest BCUT2D eigenvalue weighted by molar-refractivity contribution is 6.00. The van der Waals surface area contributed by atoms with Crippen LogP contribution in [0.1, 0.15) is 54.2 Å². The molecule has 1 fully saturated rings. The highest BCUT2D eigenvalue weighted by atomic mass is 19.1. The van der Waals surface area contributed by atoms with Crippen molar-refractivity contribution in [1.82, 2.24) is 9.97 Å². The van der Waals surface area contributed by atoms with Gasteiger partial charge in [0.2, 0.25) is 0 Å². The fraction of sp³-hybridized carbons (Fsp3) is 0.345. The van der Waals surface area contributed by atoms with E-state index in [9.17, 15) is 14.3 Å². The number of Topliss-reactive ketones (excluding diaryl/α,β-unsaturated/α-hetero) is 1. The summed E-state index contributed by atoms with van der Waals surface area (Å²) in [6.45, 7) is 2.11. The predicted octanol–water partition coefficient (Wildman–Crippen LogP) is 4.45. The zero-order chi connectivity index (χ0) is 27.5. The summed E-state index contributed by atoms with van der Waals surface area (Å²) in [6.07, 6.45) is 1.81. The summed E-state index contributed by atoms with van der Waals surface area (Å²) in [4.78, 5) is 22.3. The van der Waals surface area contributed by atoms with Gasteiger partial charge in [-0.05, 0) is 74.6 Å². The monoisotopic (exact) mass is 532 g/mol. The van der Waals surface area contributed by atoms with E-state index >= 15 is 0 Å². The number of hydrogen-bond donors (Lipinski definition) is 3. The second kappa shape index (κ2) is 9.03. The fourth-order valence-corrected chi connectivity index (χ4v) is 5.31. The van der Waals surface area contributed by atoms with Gasteiger partial charge in [-0.2, -0.15) is 4.98 Å². The number of aliphatic hydroxyl groups is 1. The maximum Gasteiger partial charge on any atom is 0.293 e. The lowest BCUT2D eigenvalue weighted by Crippen LogP contribution is -2.35. The van der Waals surface area contributed by atoms with Crippen molar-refractivity contribution in [3.63, 3.8) is 0 Å². The molecule has 6 rings (SSSR count). The van der Waals surface area contributed by atoms with Crippen molar-refractivity contribution < 1.29 is 28.2 Å². The van der Waals surface area contributed by atoms with Crippen molar-refractivity contribution in [3.8, 4) is 22.8 Å². The number of carbonyl (C=O) groups excluding carboxylic acids is 1. The first-order valence-electron chi connectivity index (χ1n) is 12.8. The zero-order valence-corrected chi connectivity index (χ0v) is 21.7. The van der Waals surface area contributed by atoms with Crippen LogP contribution in [-0.4, -0.2) is 34.6 Å². The van der Waals surface area contributed by atoms with Crippen LogP contribution in [0.25, 0.3) is 22.4 Å². The van der Waals surface area contributed by atoms with Gasteiger partial charge in [-0.3, -0.25) is 4.79 Å². The van der Waals surface area contributed by atoms with Crippen molar-refractivity contribution in [2.75, 3.05) is 19.5 Å². The van der Waals surface area contributed by atoms with E-state index < -0.39 is 11.1 Å². The molecule has 202 valence electrons. The quantitative estimate of drug-likeness (QED) is 0.280. The van der Waals surface area contributed by atoms with Crippen LogP contribution >= 0.6 is 0 Å². The van der Waals surface area contributed by atoms with E-state index in [1.54, 1.807) is 30.3 Å². The first-order valence-corrected chi connectivity index (χ1v) is 12.8. The molecule has 2 aromatic heterocycles. The van der Waals surface area contributed by atoms with Gasteiger partial charge in [-0.1, -0.05) is 0 Å². The van der Waals surface area contributed by atoms with Crippen LogP contribution in [0.3, 0.4) is 0 Å². The van der Waals surface area contributed by atoms with Crippen LogP contribution < -0.4 is 20.9 Å². The van der Waals surface area contributed by atoms with E-state index in [1.165, 1.54) is 19.2 Å². The van der Waals surface area contributed by atoms with Gasteiger partial charge < -0.3 is 30.5 Å². The normalized spacial score (nSPS) is 19.9. The smallest absolute Gasteiger partial charge is 0.293 e. The van der Waals surface area contributed by atoms with Gasteiger partial charge in [0.05, 0.1) is 18.3 Å². The number of carbonyl (C=O) groups is 1. The summed E-state index contributed by atoms with van der Waals surface area (Å²) in [5.41, 5.74) is 13.5. The van der Waals surface area contributed by atoms with Crippen LogP contribution in [0.15, 0.2) is 46.9 Å². The largest absolute Gasteiger partial charge is 0.494 e. The number of fused-ring (bicyclic) bond motifs is 2. The topological polar surface area (TPSA) is 147 Å². The molecule has 4 aromatic rings. The number of nitrogen functional groups attached to an aromatic ring is 1. The Hall–Kier alpha value is -4.02. The molecule has 1 aliphatic carbocycles. The number of oxazole rings is 1. The van der Waals surface area contributed by atoms with Gasteiger partial charge in [0.25, 0.3) is 6.01 Å². The minimum atomic E-state index is -1.37. The average molecular weight is 533 g/mol. The van der Waals surface area contributed by atoms with Gasteiger partial charge >= 0.3 is 0 Å². The van der Waals surface area contributed by atoms with Gasteiger partial charge in [0.1, 0.15) is 29.5 Å². The van der Waals surface area contributed by atoms with Crippen molar-refractivity contribution in [2.45, 2.75) is 43.7 Å². The Morgan fingerprint density at radius 1 is 1.23 bits per heavy atom. The molecular weight excluding hydrogens is 503 g/mol. The number of nitrogens with zero attached hydrogens (tertiary/aromatic N) is 2. The van der Waals surface area contributed by atoms with Gasteiger partial charge in [0, 0.05) is 23.1 Å². The third kappa shape index (κ3) is 4.39. The number of aromatic nitrogens is 2. The third-order valence-corrected chi connectivity index (χ3v) is 7.67. The summed E-state index contributed by atoms with van der Waals surface area (Å²) in [6, 6.07) is 10.9. The summed E-state index contributed by atoms with van der Waals surface area (Å²) >= 11 is 0. The van der Waals surface area contributed by atoms with Crippen molar-refractivity contribution in [1.29, 1.82) is 0 Å². The molecule has 9 nitrogen and oxygen atoms in total. The Morgan fingerprint density at radius 3 is 2.67 bits per heavy atom. The first-order chi connectivity index (χ1) is 18.6. The number of nitrogens with two attached hydrogens (primary N) is 2. The molecule has 0 saturated heterocycles. The van der Waals surface area contributed by atoms with Crippen LogP contribution in [0.4, 0.5) is 10.4 Å². The Bertz CT molecular complexity index is 1600. The summed E-state index contributed by atoms with van der Waals surface area (Å²) in [7, 11) is 1.48. The number of ether oxygens (including phenoxy) is 2. The molecule has 0 amide bonds. The van der Waals surface area contributed by atoms with Gasteiger partial charge in [-0.25, -0.2) is 9.37 Å². The van der Waals surface area contributed by atoms with Crippen molar-refractivity contribution in [3.05, 3.63) is 65.1 Å². The highest BCUT2D eigenvalue weighted by Gasteiger charge is 2.48. The maximum absolute atomic E-state index is 13.7. The molecule has 2 aromatic carbocycles. The number of ketones is 1. The number of hydrogen-bond acceptors (Lipinski definition) is 9.